The number of carbonyl (C=O) groups excluding carboxylic acids is 1. The number of likely N-dealkylation sites (tertiary alicyclic amines) is 1. The van der Waals surface area contributed by atoms with E-state index >= 15 is 0 Å². The molecule has 2 N–H and O–H groups in total. The van der Waals surface area contributed by atoms with Crippen LogP contribution < -0.4 is 10.9 Å². The molecule has 0 bridgehead atoms. The van der Waals surface area contributed by atoms with E-state index in [-0.39, 0.29) is 36.3 Å². The number of rotatable bonds is 6. The maximum Gasteiger partial charge on any atom is 0.277 e. The summed E-state index contributed by atoms with van der Waals surface area (Å²) in [7, 11) is 0. The number of amides is 1. The molecule has 170 valence electrons. The lowest BCUT2D eigenvalue weighted by Crippen LogP contribution is -2.44. The molecule has 1 aliphatic rings. The molecule has 33 heavy (non-hydrogen) atoms. The second-order valence-corrected chi connectivity index (χ2v) is 8.64. The molecule has 2 aromatic heterocycles. The van der Waals surface area contributed by atoms with Crippen LogP contribution >= 0.6 is 0 Å². The largest absolute Gasteiger partial charge is 0.353 e. The van der Waals surface area contributed by atoms with Gasteiger partial charge in [-0.2, -0.15) is 0 Å². The highest BCUT2D eigenvalue weighted by atomic mass is 19.1. The molecule has 4 aromatic rings. The van der Waals surface area contributed by atoms with Gasteiger partial charge in [-0.05, 0) is 36.6 Å². The van der Waals surface area contributed by atoms with E-state index in [2.05, 4.69) is 44.5 Å². The van der Waals surface area contributed by atoms with Crippen LogP contribution in [0.25, 0.3) is 21.9 Å². The molecule has 0 radical (unpaired) electrons. The van der Waals surface area contributed by atoms with Crippen LogP contribution in [0.2, 0.25) is 0 Å². The Morgan fingerprint density at radius 1 is 1.15 bits per heavy atom. The molecule has 1 fully saturated rings. The Hall–Kier alpha value is -3.52. The molecule has 0 unspecified atom stereocenters. The Labute approximate surface area is 190 Å². The molecule has 7 nitrogen and oxygen atoms in total. The van der Waals surface area contributed by atoms with Crippen LogP contribution in [-0.2, 0) is 17.9 Å². The molecule has 8 heteroatoms. The van der Waals surface area contributed by atoms with Crippen molar-refractivity contribution in [2.45, 2.75) is 38.4 Å². The zero-order valence-electron chi connectivity index (χ0n) is 18.3. The number of halogens is 1. The summed E-state index contributed by atoms with van der Waals surface area (Å²) in [5.41, 5.74) is 2.46. The fraction of sp³-hybridized carbons (Fsp3) is 0.320. The van der Waals surface area contributed by atoms with Crippen molar-refractivity contribution < 1.29 is 9.18 Å². The number of aromatic nitrogens is 3. The van der Waals surface area contributed by atoms with Gasteiger partial charge in [0.25, 0.3) is 5.56 Å². The summed E-state index contributed by atoms with van der Waals surface area (Å²) >= 11 is 0. The summed E-state index contributed by atoms with van der Waals surface area (Å²) in [6, 6.07) is 14.9. The second kappa shape index (κ2) is 9.15. The first kappa shape index (κ1) is 21.3. The molecule has 1 aliphatic heterocycles. The Kier molecular flexibility index (Phi) is 5.92. The van der Waals surface area contributed by atoms with Crippen molar-refractivity contribution in [2.24, 2.45) is 0 Å². The third-order valence-electron chi connectivity index (χ3n) is 6.32. The van der Waals surface area contributed by atoms with Gasteiger partial charge < -0.3 is 10.3 Å². The first-order valence-corrected chi connectivity index (χ1v) is 11.3. The van der Waals surface area contributed by atoms with Gasteiger partial charge in [-0.25, -0.2) is 9.37 Å². The van der Waals surface area contributed by atoms with Crippen LogP contribution in [0, 0.1) is 5.82 Å². The van der Waals surface area contributed by atoms with Crippen molar-refractivity contribution in [3.63, 3.8) is 0 Å². The van der Waals surface area contributed by atoms with Crippen LogP contribution in [-0.4, -0.2) is 44.5 Å². The van der Waals surface area contributed by atoms with E-state index in [9.17, 15) is 14.0 Å². The highest BCUT2D eigenvalue weighted by Crippen LogP contribution is 2.22. The van der Waals surface area contributed by atoms with Gasteiger partial charge in [-0.3, -0.25) is 19.1 Å². The van der Waals surface area contributed by atoms with Crippen LogP contribution in [0.3, 0.4) is 0 Å². The number of hydrogen-bond acceptors (Lipinski definition) is 4. The fourth-order valence-corrected chi connectivity index (χ4v) is 4.52. The Morgan fingerprint density at radius 3 is 2.73 bits per heavy atom. The van der Waals surface area contributed by atoms with Gasteiger partial charge in [0.1, 0.15) is 16.9 Å². The number of H-pyrrole nitrogens is 1. The van der Waals surface area contributed by atoms with Crippen molar-refractivity contribution in [3.05, 3.63) is 76.6 Å². The maximum atomic E-state index is 13.6. The summed E-state index contributed by atoms with van der Waals surface area (Å²) in [5.74, 6) is -0.445. The number of carbonyl (C=O) groups is 1. The summed E-state index contributed by atoms with van der Waals surface area (Å²) in [6.07, 6.45) is 3.46. The minimum absolute atomic E-state index is 0.0674. The Balaban J connectivity index is 1.16. The van der Waals surface area contributed by atoms with Crippen molar-refractivity contribution in [3.8, 4) is 0 Å². The molecule has 5 rings (SSSR count). The topological polar surface area (TPSA) is 83.0 Å². The van der Waals surface area contributed by atoms with E-state index in [1.165, 1.54) is 28.6 Å². The summed E-state index contributed by atoms with van der Waals surface area (Å²) in [5, 5.41) is 3.68. The van der Waals surface area contributed by atoms with Crippen molar-refractivity contribution >= 4 is 27.8 Å². The van der Waals surface area contributed by atoms with Gasteiger partial charge in [0, 0.05) is 49.5 Å². The molecule has 3 heterocycles. The smallest absolute Gasteiger partial charge is 0.277 e. The zero-order chi connectivity index (χ0) is 22.8. The lowest BCUT2D eigenvalue weighted by atomic mass is 10.0. The molecular formula is C25H26FN5O2. The van der Waals surface area contributed by atoms with Crippen molar-refractivity contribution in [2.75, 3.05) is 13.1 Å². The first-order chi connectivity index (χ1) is 16.1. The van der Waals surface area contributed by atoms with Gasteiger partial charge in [0.15, 0.2) is 0 Å². The number of aryl methyl sites for hydroxylation is 1. The molecule has 1 amide bonds. The highest BCUT2D eigenvalue weighted by Gasteiger charge is 2.21. The quantitative estimate of drug-likeness (QED) is 0.476. The molecule has 1 saturated heterocycles. The van der Waals surface area contributed by atoms with Gasteiger partial charge in [0.05, 0.1) is 6.33 Å². The Bertz CT molecular complexity index is 1340. The highest BCUT2D eigenvalue weighted by molar-refractivity contribution is 6.04. The van der Waals surface area contributed by atoms with Gasteiger partial charge >= 0.3 is 0 Å². The third-order valence-corrected chi connectivity index (χ3v) is 6.32. The summed E-state index contributed by atoms with van der Waals surface area (Å²) in [6.45, 7) is 3.06. The van der Waals surface area contributed by atoms with E-state index in [1.807, 2.05) is 6.07 Å². The van der Waals surface area contributed by atoms with E-state index in [1.54, 1.807) is 6.07 Å². The lowest BCUT2D eigenvalue weighted by Gasteiger charge is -2.32. The van der Waals surface area contributed by atoms with Crippen LogP contribution in [0.4, 0.5) is 4.39 Å². The summed E-state index contributed by atoms with van der Waals surface area (Å²) < 4.78 is 15.0. The molecule has 0 saturated carbocycles. The molecule has 2 aromatic carbocycles. The maximum absolute atomic E-state index is 13.6. The SMILES string of the molecule is O=C(CCn1cnc2c([nH]c3ccc(F)cc32)c1=O)NC1CCN(Cc2ccccc2)CC1. The minimum Gasteiger partial charge on any atom is -0.353 e. The lowest BCUT2D eigenvalue weighted by molar-refractivity contribution is -0.122. The van der Waals surface area contributed by atoms with E-state index in [0.29, 0.717) is 21.9 Å². The number of hydrogen-bond donors (Lipinski definition) is 2. The number of benzene rings is 2. The fourth-order valence-electron chi connectivity index (χ4n) is 4.52. The van der Waals surface area contributed by atoms with E-state index < -0.39 is 0 Å². The predicted octanol–water partition coefficient (Wildman–Crippen LogP) is 3.19. The summed E-state index contributed by atoms with van der Waals surface area (Å²) in [4.78, 5) is 35.1. The molecular weight excluding hydrogens is 421 g/mol. The minimum atomic E-state index is -0.378. The third kappa shape index (κ3) is 4.66. The van der Waals surface area contributed by atoms with Gasteiger partial charge in [0.2, 0.25) is 5.91 Å². The van der Waals surface area contributed by atoms with E-state index in [4.69, 9.17) is 0 Å². The van der Waals surface area contributed by atoms with Crippen LogP contribution in [0.5, 0.6) is 0 Å². The standard InChI is InChI=1S/C25H26FN5O2/c26-18-6-7-21-20(14-18)23-24(29-21)25(33)31(16-27-23)13-10-22(32)28-19-8-11-30(12-9-19)15-17-4-2-1-3-5-17/h1-7,14,16,19,29H,8-13,15H2,(H,28,32). The average Bonchev–Trinajstić information content (AvgIpc) is 3.19. The second-order valence-electron chi connectivity index (χ2n) is 8.64. The predicted molar refractivity (Wildman–Crippen MR) is 125 cm³/mol. The molecule has 0 atom stereocenters. The molecule has 0 spiro atoms. The number of piperidine rings is 1. The van der Waals surface area contributed by atoms with Crippen molar-refractivity contribution in [1.29, 1.82) is 0 Å². The van der Waals surface area contributed by atoms with E-state index in [0.717, 1.165) is 32.5 Å². The number of nitrogens with one attached hydrogen (secondary N) is 2. The van der Waals surface area contributed by atoms with Crippen LogP contribution in [0.1, 0.15) is 24.8 Å². The number of nitrogens with zero attached hydrogens (tertiary/aromatic N) is 3. The average molecular weight is 448 g/mol. The zero-order valence-corrected chi connectivity index (χ0v) is 18.3. The first-order valence-electron chi connectivity index (χ1n) is 11.3. The number of fused-ring (bicyclic) bond motifs is 3. The monoisotopic (exact) mass is 447 g/mol. The van der Waals surface area contributed by atoms with Gasteiger partial charge in [-0.15, -0.1) is 0 Å². The van der Waals surface area contributed by atoms with Gasteiger partial charge in [-0.1, -0.05) is 30.3 Å². The van der Waals surface area contributed by atoms with Crippen LogP contribution in [0.15, 0.2) is 59.7 Å². The van der Waals surface area contributed by atoms with Crippen molar-refractivity contribution in [1.82, 2.24) is 24.8 Å². The number of aromatic amines is 1. The Morgan fingerprint density at radius 2 is 1.94 bits per heavy atom. The normalized spacial score (nSPS) is 15.3. The molecule has 0 aliphatic carbocycles.